The highest BCUT2D eigenvalue weighted by atomic mass is 35.5. The van der Waals surface area contributed by atoms with Gasteiger partial charge in [-0.1, -0.05) is 39.5 Å². The van der Waals surface area contributed by atoms with Crippen molar-refractivity contribution in [2.75, 3.05) is 12.4 Å². The molecule has 3 heteroatoms. The highest BCUT2D eigenvalue weighted by molar-refractivity contribution is 6.18. The van der Waals surface area contributed by atoms with Crippen molar-refractivity contribution in [1.29, 1.82) is 0 Å². The van der Waals surface area contributed by atoms with Gasteiger partial charge in [-0.05, 0) is 25.7 Å². The first-order valence-corrected chi connectivity index (χ1v) is 8.14. The molecule has 2 nitrogen and oxygen atoms in total. The summed E-state index contributed by atoms with van der Waals surface area (Å²) >= 11 is 5.88. The molecule has 1 rings (SSSR count). The largest absolute Gasteiger partial charge is 0.338 e. The van der Waals surface area contributed by atoms with Gasteiger partial charge in [-0.25, -0.2) is 0 Å². The summed E-state index contributed by atoms with van der Waals surface area (Å²) in [4.78, 5) is 14.8. The highest BCUT2D eigenvalue weighted by Crippen LogP contribution is 2.26. The lowest BCUT2D eigenvalue weighted by Crippen LogP contribution is -2.43. The van der Waals surface area contributed by atoms with Crippen molar-refractivity contribution >= 4 is 17.5 Å². The molecule has 106 valence electrons. The van der Waals surface area contributed by atoms with Crippen LogP contribution in [-0.2, 0) is 4.79 Å². The van der Waals surface area contributed by atoms with Crippen LogP contribution >= 0.6 is 11.6 Å². The summed E-state index contributed by atoms with van der Waals surface area (Å²) in [5, 5.41) is 0. The van der Waals surface area contributed by atoms with Crippen LogP contribution in [-0.4, -0.2) is 29.3 Å². The minimum atomic E-state index is 0.226. The Bertz CT molecular complexity index is 233. The first-order chi connectivity index (χ1) is 8.74. The second kappa shape index (κ2) is 8.79. The van der Waals surface area contributed by atoms with E-state index >= 15 is 0 Å². The molecule has 0 atom stereocenters. The molecule has 1 saturated carbocycles. The Hall–Kier alpha value is -0.240. The van der Waals surface area contributed by atoms with E-state index in [9.17, 15) is 4.79 Å². The van der Waals surface area contributed by atoms with Crippen LogP contribution in [0.1, 0.15) is 65.2 Å². The van der Waals surface area contributed by atoms with Gasteiger partial charge in [-0.3, -0.25) is 4.79 Å². The van der Waals surface area contributed by atoms with Gasteiger partial charge in [-0.2, -0.15) is 0 Å². The molecule has 1 fully saturated rings. The summed E-state index contributed by atoms with van der Waals surface area (Å²) in [7, 11) is 0. The minimum absolute atomic E-state index is 0.226. The lowest BCUT2D eigenvalue weighted by molar-refractivity contribution is -0.138. The van der Waals surface area contributed by atoms with Gasteiger partial charge in [0.1, 0.15) is 0 Å². The average Bonchev–Trinajstić information content (AvgIpc) is 2.88. The third kappa shape index (κ3) is 4.46. The maximum Gasteiger partial charge on any atom is 0.225 e. The monoisotopic (exact) mass is 273 g/mol. The Morgan fingerprint density at radius 3 is 2.22 bits per heavy atom. The van der Waals surface area contributed by atoms with E-state index in [0.717, 1.165) is 32.2 Å². The summed E-state index contributed by atoms with van der Waals surface area (Å²) in [5.41, 5.74) is 0. The maximum absolute atomic E-state index is 12.7. The van der Waals surface area contributed by atoms with E-state index in [1.54, 1.807) is 0 Å². The van der Waals surface area contributed by atoms with Crippen LogP contribution in [0.25, 0.3) is 0 Å². The van der Waals surface area contributed by atoms with Crippen LogP contribution < -0.4 is 0 Å². The zero-order valence-electron chi connectivity index (χ0n) is 12.0. The molecule has 0 spiro atoms. The van der Waals surface area contributed by atoms with Crippen molar-refractivity contribution < 1.29 is 4.79 Å². The topological polar surface area (TPSA) is 20.3 Å². The van der Waals surface area contributed by atoms with E-state index in [1.165, 1.54) is 25.7 Å². The number of rotatable bonds is 8. The molecular weight excluding hydrogens is 246 g/mol. The van der Waals surface area contributed by atoms with E-state index in [0.29, 0.717) is 17.8 Å². The van der Waals surface area contributed by atoms with Gasteiger partial charge in [0.2, 0.25) is 5.91 Å². The molecule has 0 radical (unpaired) electrons. The quantitative estimate of drug-likeness (QED) is 0.607. The Labute approximate surface area is 117 Å². The van der Waals surface area contributed by atoms with Crippen molar-refractivity contribution in [3.8, 4) is 0 Å². The molecule has 0 aromatic carbocycles. The maximum atomic E-state index is 12.7. The molecule has 1 aliphatic carbocycles. The number of carbonyl (C=O) groups excluding carboxylic acids is 1. The molecule has 0 aliphatic heterocycles. The third-order valence-corrected chi connectivity index (χ3v) is 4.17. The van der Waals surface area contributed by atoms with Crippen LogP contribution in [0.15, 0.2) is 0 Å². The van der Waals surface area contributed by atoms with E-state index in [1.807, 2.05) is 0 Å². The number of carbonyl (C=O) groups is 1. The van der Waals surface area contributed by atoms with Crippen LogP contribution in [0.5, 0.6) is 0 Å². The lowest BCUT2D eigenvalue weighted by atomic mass is 9.96. The van der Waals surface area contributed by atoms with E-state index < -0.39 is 0 Å². The fourth-order valence-electron chi connectivity index (χ4n) is 3.10. The molecule has 18 heavy (non-hydrogen) atoms. The molecule has 0 heterocycles. The highest BCUT2D eigenvalue weighted by Gasteiger charge is 2.30. The van der Waals surface area contributed by atoms with Gasteiger partial charge in [0.25, 0.3) is 0 Å². The van der Waals surface area contributed by atoms with Gasteiger partial charge in [-0.15, -0.1) is 11.6 Å². The Morgan fingerprint density at radius 1 is 1.22 bits per heavy atom. The number of alkyl halides is 1. The zero-order chi connectivity index (χ0) is 13.4. The summed E-state index contributed by atoms with van der Waals surface area (Å²) in [5.74, 6) is 1.16. The summed E-state index contributed by atoms with van der Waals surface area (Å²) in [6.45, 7) is 5.06. The van der Waals surface area contributed by atoms with Crippen molar-refractivity contribution in [2.24, 2.45) is 5.92 Å². The first kappa shape index (κ1) is 15.8. The molecule has 0 bridgehead atoms. The van der Waals surface area contributed by atoms with Gasteiger partial charge in [0.15, 0.2) is 0 Å². The molecule has 0 aromatic rings. The Balaban J connectivity index is 2.65. The van der Waals surface area contributed by atoms with E-state index in [2.05, 4.69) is 18.7 Å². The lowest BCUT2D eigenvalue weighted by Gasteiger charge is -2.32. The average molecular weight is 274 g/mol. The fourth-order valence-corrected chi connectivity index (χ4v) is 3.28. The Morgan fingerprint density at radius 2 is 1.78 bits per heavy atom. The second-order valence-electron chi connectivity index (χ2n) is 5.43. The van der Waals surface area contributed by atoms with Crippen molar-refractivity contribution in [3.63, 3.8) is 0 Å². The number of hydrogen-bond donors (Lipinski definition) is 0. The van der Waals surface area contributed by atoms with Crippen LogP contribution in [0, 0.1) is 5.92 Å². The predicted octanol–water partition coefficient (Wildman–Crippen LogP) is 4.21. The molecule has 0 saturated heterocycles. The first-order valence-electron chi connectivity index (χ1n) is 7.61. The molecule has 0 N–H and O–H groups in total. The SMILES string of the molecule is CCCC(CCC)C(=O)N(CCCl)C1CCCC1. The van der Waals surface area contributed by atoms with Crippen molar-refractivity contribution in [3.05, 3.63) is 0 Å². The van der Waals surface area contributed by atoms with Gasteiger partial charge in [0.05, 0.1) is 0 Å². The minimum Gasteiger partial charge on any atom is -0.338 e. The predicted molar refractivity (Wildman–Crippen MR) is 78.0 cm³/mol. The van der Waals surface area contributed by atoms with Crippen molar-refractivity contribution in [2.45, 2.75) is 71.3 Å². The standard InChI is InChI=1S/C15H28ClNO/c1-3-7-13(8-4-2)15(18)17(12-11-16)14-9-5-6-10-14/h13-14H,3-12H2,1-2H3. The van der Waals surface area contributed by atoms with E-state index in [4.69, 9.17) is 11.6 Å². The third-order valence-electron chi connectivity index (χ3n) is 4.00. The molecule has 0 unspecified atom stereocenters. The number of nitrogens with zero attached hydrogens (tertiary/aromatic N) is 1. The zero-order valence-corrected chi connectivity index (χ0v) is 12.7. The number of hydrogen-bond acceptors (Lipinski definition) is 1. The summed E-state index contributed by atoms with van der Waals surface area (Å²) < 4.78 is 0. The van der Waals surface area contributed by atoms with Crippen molar-refractivity contribution in [1.82, 2.24) is 4.90 Å². The van der Waals surface area contributed by atoms with E-state index in [-0.39, 0.29) is 5.92 Å². The smallest absolute Gasteiger partial charge is 0.225 e. The summed E-state index contributed by atoms with van der Waals surface area (Å²) in [6, 6.07) is 0.465. The number of halogens is 1. The van der Waals surface area contributed by atoms with Gasteiger partial charge < -0.3 is 4.90 Å². The number of amides is 1. The fraction of sp³-hybridized carbons (Fsp3) is 0.933. The normalized spacial score (nSPS) is 16.4. The Kier molecular flexibility index (Phi) is 7.73. The van der Waals surface area contributed by atoms with Gasteiger partial charge >= 0.3 is 0 Å². The van der Waals surface area contributed by atoms with Crippen LogP contribution in [0.4, 0.5) is 0 Å². The molecule has 1 aliphatic rings. The molecule has 1 amide bonds. The van der Waals surface area contributed by atoms with Crippen LogP contribution in [0.3, 0.4) is 0 Å². The second-order valence-corrected chi connectivity index (χ2v) is 5.81. The molecule has 0 aromatic heterocycles. The van der Waals surface area contributed by atoms with Crippen LogP contribution in [0.2, 0.25) is 0 Å². The molecular formula is C15H28ClNO. The van der Waals surface area contributed by atoms with Gasteiger partial charge in [0, 0.05) is 24.4 Å². The summed E-state index contributed by atoms with van der Waals surface area (Å²) in [6.07, 6.45) is 9.12.